The van der Waals surface area contributed by atoms with Crippen LogP contribution in [0, 0.1) is 6.92 Å². The van der Waals surface area contributed by atoms with E-state index in [-0.39, 0.29) is 37.2 Å². The van der Waals surface area contributed by atoms with Gasteiger partial charge in [-0.15, -0.1) is 11.3 Å². The fraction of sp³-hybridized carbons (Fsp3) is 0.500. The van der Waals surface area contributed by atoms with Gasteiger partial charge in [0.1, 0.15) is 11.4 Å². The number of aryl methyl sites for hydroxylation is 1. The minimum absolute atomic E-state index is 0.144. The van der Waals surface area contributed by atoms with Crippen molar-refractivity contribution in [3.63, 3.8) is 0 Å². The lowest BCUT2D eigenvalue weighted by atomic mass is 10.2. The van der Waals surface area contributed by atoms with Gasteiger partial charge in [0, 0.05) is 33.0 Å². The summed E-state index contributed by atoms with van der Waals surface area (Å²) in [5, 5.41) is 3.55. The zero-order chi connectivity index (χ0) is 20.3. The number of nitrogens with one attached hydrogen (secondary N) is 1. The van der Waals surface area contributed by atoms with Gasteiger partial charge >= 0.3 is 0 Å². The Kier molecular flexibility index (Phi) is 6.20. The number of ether oxygens (including phenoxy) is 2. The second kappa shape index (κ2) is 8.61. The number of carbonyl (C=O) groups excluding carboxylic acids is 3. The summed E-state index contributed by atoms with van der Waals surface area (Å²) in [6, 6.07) is 0. The molecule has 0 aliphatic carbocycles. The highest BCUT2D eigenvalue weighted by Crippen LogP contribution is 2.35. The van der Waals surface area contributed by atoms with Crippen LogP contribution in [0.15, 0.2) is 0 Å². The maximum atomic E-state index is 12.6. The standard InChI is InChI=1S/C18H22N4O5S/c1-10-14-17(27-3)20-11(9-26-2)21-18(14)28-15(10)16(25)19-7-4-8-22-12(23)5-6-13(22)24/h4-9H2,1-3H3,(H,19,25). The lowest BCUT2D eigenvalue weighted by Gasteiger charge is -2.13. The average molecular weight is 406 g/mol. The van der Waals surface area contributed by atoms with Gasteiger partial charge < -0.3 is 14.8 Å². The van der Waals surface area contributed by atoms with Crippen molar-refractivity contribution < 1.29 is 23.9 Å². The summed E-state index contributed by atoms with van der Waals surface area (Å²) in [4.78, 5) is 47.0. The van der Waals surface area contributed by atoms with Crippen LogP contribution in [0.4, 0.5) is 0 Å². The van der Waals surface area contributed by atoms with Crippen LogP contribution >= 0.6 is 11.3 Å². The molecule has 0 atom stereocenters. The van der Waals surface area contributed by atoms with E-state index in [1.165, 1.54) is 23.3 Å². The van der Waals surface area contributed by atoms with Gasteiger partial charge in [0.25, 0.3) is 5.91 Å². The predicted octanol–water partition coefficient (Wildman–Crippen LogP) is 1.42. The Morgan fingerprint density at radius 1 is 1.21 bits per heavy atom. The number of thiophene rings is 1. The molecule has 3 heterocycles. The van der Waals surface area contributed by atoms with Crippen molar-refractivity contribution in [1.82, 2.24) is 20.2 Å². The normalized spacial score (nSPS) is 14.2. The lowest BCUT2D eigenvalue weighted by Crippen LogP contribution is -2.33. The second-order valence-electron chi connectivity index (χ2n) is 6.37. The molecule has 10 heteroatoms. The number of aromatic nitrogens is 2. The molecule has 1 fully saturated rings. The van der Waals surface area contributed by atoms with E-state index in [4.69, 9.17) is 9.47 Å². The monoisotopic (exact) mass is 406 g/mol. The number of nitrogens with zero attached hydrogens (tertiary/aromatic N) is 3. The molecule has 0 unspecified atom stereocenters. The summed E-state index contributed by atoms with van der Waals surface area (Å²) in [6.07, 6.45) is 1.06. The Labute approximate surface area is 166 Å². The van der Waals surface area contributed by atoms with Crippen molar-refractivity contribution in [3.8, 4) is 5.88 Å². The van der Waals surface area contributed by atoms with Gasteiger partial charge in [0.2, 0.25) is 17.7 Å². The number of fused-ring (bicyclic) bond motifs is 1. The Morgan fingerprint density at radius 2 is 1.93 bits per heavy atom. The Morgan fingerprint density at radius 3 is 2.57 bits per heavy atom. The number of likely N-dealkylation sites (tertiary alicyclic amines) is 1. The molecule has 150 valence electrons. The van der Waals surface area contributed by atoms with E-state index in [1.54, 1.807) is 7.11 Å². The van der Waals surface area contributed by atoms with Crippen molar-refractivity contribution in [3.05, 3.63) is 16.3 Å². The van der Waals surface area contributed by atoms with Crippen LogP contribution in [0.1, 0.15) is 40.3 Å². The zero-order valence-electron chi connectivity index (χ0n) is 16.0. The molecule has 3 amide bonds. The summed E-state index contributed by atoms with van der Waals surface area (Å²) < 4.78 is 10.4. The molecule has 1 N–H and O–H groups in total. The molecule has 0 spiro atoms. The van der Waals surface area contributed by atoms with E-state index >= 15 is 0 Å². The second-order valence-corrected chi connectivity index (χ2v) is 7.37. The Bertz CT molecular complexity index is 910. The molecule has 1 saturated heterocycles. The molecule has 28 heavy (non-hydrogen) atoms. The van der Waals surface area contributed by atoms with Crippen LogP contribution in [-0.2, 0) is 20.9 Å². The van der Waals surface area contributed by atoms with Crippen LogP contribution in [-0.4, -0.2) is 59.9 Å². The first-order chi connectivity index (χ1) is 13.5. The number of imide groups is 1. The molecule has 3 rings (SSSR count). The quantitative estimate of drug-likeness (QED) is 0.521. The van der Waals surface area contributed by atoms with E-state index in [9.17, 15) is 14.4 Å². The first-order valence-corrected chi connectivity index (χ1v) is 9.72. The third-order valence-corrected chi connectivity index (χ3v) is 5.66. The molecule has 9 nitrogen and oxygen atoms in total. The van der Waals surface area contributed by atoms with Crippen molar-refractivity contribution in [2.45, 2.75) is 32.8 Å². The van der Waals surface area contributed by atoms with Gasteiger partial charge in [-0.3, -0.25) is 19.3 Å². The fourth-order valence-corrected chi connectivity index (χ4v) is 4.20. The molecule has 1 aliphatic heterocycles. The summed E-state index contributed by atoms with van der Waals surface area (Å²) in [7, 11) is 3.08. The van der Waals surface area contributed by atoms with E-state index in [0.29, 0.717) is 46.3 Å². The molecule has 0 saturated carbocycles. The Hall–Kier alpha value is -2.59. The van der Waals surface area contributed by atoms with Crippen LogP contribution < -0.4 is 10.1 Å². The SMILES string of the molecule is COCc1nc(OC)c2c(C)c(C(=O)NCCCN3C(=O)CCC3=O)sc2n1. The van der Waals surface area contributed by atoms with Gasteiger partial charge in [-0.1, -0.05) is 0 Å². The molecule has 0 radical (unpaired) electrons. The van der Waals surface area contributed by atoms with E-state index in [2.05, 4.69) is 15.3 Å². The third-order valence-electron chi connectivity index (χ3n) is 4.48. The molecule has 2 aromatic rings. The third kappa shape index (κ3) is 3.97. The molecule has 0 aromatic carbocycles. The number of hydrogen-bond donors (Lipinski definition) is 1. The fourth-order valence-electron chi connectivity index (χ4n) is 3.09. The van der Waals surface area contributed by atoms with E-state index in [0.717, 1.165) is 5.56 Å². The smallest absolute Gasteiger partial charge is 0.261 e. The van der Waals surface area contributed by atoms with E-state index in [1.807, 2.05) is 6.92 Å². The number of amides is 3. The first kappa shape index (κ1) is 20.2. The van der Waals surface area contributed by atoms with E-state index < -0.39 is 0 Å². The molecular formula is C18H22N4O5S. The number of rotatable bonds is 8. The molecular weight excluding hydrogens is 384 g/mol. The summed E-state index contributed by atoms with van der Waals surface area (Å²) >= 11 is 1.27. The number of hydrogen-bond acceptors (Lipinski definition) is 8. The molecule has 1 aliphatic rings. The van der Waals surface area contributed by atoms with Crippen molar-refractivity contribution >= 4 is 39.3 Å². The van der Waals surface area contributed by atoms with Crippen molar-refractivity contribution in [2.75, 3.05) is 27.3 Å². The summed E-state index contributed by atoms with van der Waals surface area (Å²) in [5.74, 6) is 0.384. The number of carbonyl (C=O) groups is 3. The topological polar surface area (TPSA) is 111 Å². The highest BCUT2D eigenvalue weighted by atomic mass is 32.1. The minimum Gasteiger partial charge on any atom is -0.480 e. The maximum Gasteiger partial charge on any atom is 0.261 e. The minimum atomic E-state index is -0.227. The number of methoxy groups -OCH3 is 2. The van der Waals surface area contributed by atoms with Gasteiger partial charge in [0.05, 0.1) is 17.4 Å². The zero-order valence-corrected chi connectivity index (χ0v) is 16.9. The summed E-state index contributed by atoms with van der Waals surface area (Å²) in [6.45, 7) is 2.76. The van der Waals surface area contributed by atoms with Crippen LogP contribution in [0.25, 0.3) is 10.2 Å². The van der Waals surface area contributed by atoms with Crippen LogP contribution in [0.2, 0.25) is 0 Å². The molecule has 2 aromatic heterocycles. The first-order valence-electron chi connectivity index (χ1n) is 8.90. The maximum absolute atomic E-state index is 12.6. The van der Waals surface area contributed by atoms with Crippen molar-refractivity contribution in [2.24, 2.45) is 0 Å². The highest BCUT2D eigenvalue weighted by molar-refractivity contribution is 7.20. The van der Waals surface area contributed by atoms with Crippen LogP contribution in [0.5, 0.6) is 5.88 Å². The van der Waals surface area contributed by atoms with Crippen molar-refractivity contribution in [1.29, 1.82) is 0 Å². The summed E-state index contributed by atoms with van der Waals surface area (Å²) in [5.41, 5.74) is 0.753. The van der Waals surface area contributed by atoms with Crippen LogP contribution in [0.3, 0.4) is 0 Å². The van der Waals surface area contributed by atoms with Gasteiger partial charge in [-0.25, -0.2) is 4.98 Å². The largest absolute Gasteiger partial charge is 0.480 e. The van der Waals surface area contributed by atoms with Gasteiger partial charge in [0.15, 0.2) is 5.82 Å². The lowest BCUT2D eigenvalue weighted by molar-refractivity contribution is -0.138. The Balaban J connectivity index is 1.68. The highest BCUT2D eigenvalue weighted by Gasteiger charge is 2.28. The average Bonchev–Trinajstić information content (AvgIpc) is 3.18. The van der Waals surface area contributed by atoms with Gasteiger partial charge in [-0.2, -0.15) is 4.98 Å². The molecule has 0 bridgehead atoms. The predicted molar refractivity (Wildman–Crippen MR) is 102 cm³/mol. The van der Waals surface area contributed by atoms with Gasteiger partial charge in [-0.05, 0) is 18.9 Å².